The van der Waals surface area contributed by atoms with Gasteiger partial charge in [-0.3, -0.25) is 4.21 Å². The van der Waals surface area contributed by atoms with E-state index in [1.54, 1.807) is 18.4 Å². The van der Waals surface area contributed by atoms with Gasteiger partial charge in [0.15, 0.2) is 0 Å². The van der Waals surface area contributed by atoms with Crippen molar-refractivity contribution in [3.8, 4) is 11.5 Å². The largest absolute Gasteiger partial charge is 0.508 e. The van der Waals surface area contributed by atoms with Gasteiger partial charge in [-0.15, -0.1) is 0 Å². The highest BCUT2D eigenvalue weighted by Crippen LogP contribution is 2.24. The number of phenolic OH excluding ortho intramolecular Hbond substituents is 2. The fourth-order valence-electron chi connectivity index (χ4n) is 1.41. The van der Waals surface area contributed by atoms with Crippen molar-refractivity contribution in [2.24, 2.45) is 0 Å². The zero-order valence-electron chi connectivity index (χ0n) is 9.43. The minimum atomic E-state index is -0.808. The van der Waals surface area contributed by atoms with Crippen LogP contribution >= 0.6 is 0 Å². The van der Waals surface area contributed by atoms with E-state index < -0.39 is 10.8 Å². The lowest BCUT2D eigenvalue weighted by Crippen LogP contribution is -2.23. The van der Waals surface area contributed by atoms with E-state index in [1.807, 2.05) is 6.92 Å². The Bertz CT molecular complexity index is 361. The number of nitrogens with one attached hydrogen (secondary N) is 1. The molecule has 0 radical (unpaired) electrons. The lowest BCUT2D eigenvalue weighted by molar-refractivity contribution is 0.446. The number of rotatable bonds is 5. The van der Waals surface area contributed by atoms with Crippen LogP contribution in [0.25, 0.3) is 0 Å². The third-order valence-corrected chi connectivity index (χ3v) is 3.04. The van der Waals surface area contributed by atoms with Crippen LogP contribution in [0.2, 0.25) is 0 Å². The lowest BCUT2D eigenvalue weighted by atomic mass is 10.1. The van der Waals surface area contributed by atoms with Crippen LogP contribution < -0.4 is 5.32 Å². The van der Waals surface area contributed by atoms with E-state index in [0.29, 0.717) is 12.3 Å². The third kappa shape index (κ3) is 4.20. The molecule has 0 bridgehead atoms. The van der Waals surface area contributed by atoms with Gasteiger partial charge >= 0.3 is 0 Å². The highest BCUT2D eigenvalue weighted by molar-refractivity contribution is 7.84. The zero-order chi connectivity index (χ0) is 12.1. The molecule has 0 saturated heterocycles. The maximum absolute atomic E-state index is 10.9. The molecule has 1 rings (SSSR count). The average Bonchev–Trinajstić information content (AvgIpc) is 2.15. The first-order chi connectivity index (χ1) is 7.49. The van der Waals surface area contributed by atoms with Gasteiger partial charge in [-0.1, -0.05) is 0 Å². The number of phenols is 2. The van der Waals surface area contributed by atoms with E-state index in [2.05, 4.69) is 5.32 Å². The molecule has 0 spiro atoms. The van der Waals surface area contributed by atoms with Crippen LogP contribution in [0.5, 0.6) is 11.5 Å². The molecule has 2 unspecified atom stereocenters. The van der Waals surface area contributed by atoms with E-state index in [9.17, 15) is 14.4 Å². The summed E-state index contributed by atoms with van der Waals surface area (Å²) in [6.45, 7) is 2.56. The standard InChI is InChI=1S/C11H17NO3S/c1-8(12-3-4-16(2)15)9-5-10(13)7-11(14)6-9/h5-8,12-14H,3-4H2,1-2H3. The zero-order valence-corrected chi connectivity index (χ0v) is 10.3. The first kappa shape index (κ1) is 13.0. The summed E-state index contributed by atoms with van der Waals surface area (Å²) in [5, 5.41) is 21.8. The van der Waals surface area contributed by atoms with Gasteiger partial charge in [0.1, 0.15) is 11.5 Å². The van der Waals surface area contributed by atoms with E-state index in [-0.39, 0.29) is 17.5 Å². The van der Waals surface area contributed by atoms with Crippen molar-refractivity contribution in [2.75, 3.05) is 18.6 Å². The third-order valence-electron chi connectivity index (χ3n) is 2.26. The van der Waals surface area contributed by atoms with Crippen LogP contribution in [0.3, 0.4) is 0 Å². The maximum Gasteiger partial charge on any atom is 0.119 e. The quantitative estimate of drug-likeness (QED) is 0.725. The van der Waals surface area contributed by atoms with Crippen LogP contribution in [0.1, 0.15) is 18.5 Å². The molecule has 0 fully saturated rings. The second kappa shape index (κ2) is 5.86. The molecular weight excluding hydrogens is 226 g/mol. The molecule has 4 nitrogen and oxygen atoms in total. The van der Waals surface area contributed by atoms with Crippen molar-refractivity contribution in [3.05, 3.63) is 23.8 Å². The Hall–Kier alpha value is -1.07. The van der Waals surface area contributed by atoms with Crippen molar-refractivity contribution < 1.29 is 14.4 Å². The summed E-state index contributed by atoms with van der Waals surface area (Å²) >= 11 is 0. The topological polar surface area (TPSA) is 69.6 Å². The normalized spacial score (nSPS) is 14.6. The first-order valence-corrected chi connectivity index (χ1v) is 6.78. The molecule has 0 aromatic heterocycles. The van der Waals surface area contributed by atoms with Gasteiger partial charge in [0.25, 0.3) is 0 Å². The van der Waals surface area contributed by atoms with E-state index in [0.717, 1.165) is 5.56 Å². The Morgan fingerprint density at radius 1 is 1.31 bits per heavy atom. The Morgan fingerprint density at radius 2 is 1.88 bits per heavy atom. The highest BCUT2D eigenvalue weighted by Gasteiger charge is 2.07. The summed E-state index contributed by atoms with van der Waals surface area (Å²) < 4.78 is 10.9. The van der Waals surface area contributed by atoms with Gasteiger partial charge < -0.3 is 15.5 Å². The van der Waals surface area contributed by atoms with Crippen molar-refractivity contribution >= 4 is 10.8 Å². The molecule has 0 heterocycles. The maximum atomic E-state index is 10.9. The van der Waals surface area contributed by atoms with Crippen molar-refractivity contribution in [1.82, 2.24) is 5.32 Å². The Morgan fingerprint density at radius 3 is 2.38 bits per heavy atom. The van der Waals surface area contributed by atoms with Crippen LogP contribution in [0.4, 0.5) is 0 Å². The number of hydrogen-bond acceptors (Lipinski definition) is 4. The van der Waals surface area contributed by atoms with Crippen molar-refractivity contribution in [1.29, 1.82) is 0 Å². The first-order valence-electron chi connectivity index (χ1n) is 5.05. The Labute approximate surface area is 97.8 Å². The molecule has 0 aliphatic carbocycles. The highest BCUT2D eigenvalue weighted by atomic mass is 32.2. The van der Waals surface area contributed by atoms with E-state index >= 15 is 0 Å². The molecule has 0 saturated carbocycles. The fraction of sp³-hybridized carbons (Fsp3) is 0.455. The molecule has 0 aliphatic rings. The SMILES string of the molecule is CC(NCCS(C)=O)c1cc(O)cc(O)c1. The number of benzene rings is 1. The second-order valence-electron chi connectivity index (χ2n) is 3.74. The molecule has 0 aliphatic heterocycles. The molecule has 2 atom stereocenters. The summed E-state index contributed by atoms with van der Waals surface area (Å²) in [4.78, 5) is 0. The summed E-state index contributed by atoms with van der Waals surface area (Å²) in [7, 11) is -0.808. The molecule has 16 heavy (non-hydrogen) atoms. The summed E-state index contributed by atoms with van der Waals surface area (Å²) in [5.74, 6) is 0.681. The van der Waals surface area contributed by atoms with Gasteiger partial charge in [-0.25, -0.2) is 0 Å². The van der Waals surface area contributed by atoms with Gasteiger partial charge in [-0.2, -0.15) is 0 Å². The molecular formula is C11H17NO3S. The predicted octanol–water partition coefficient (Wildman–Crippen LogP) is 1.13. The fourth-order valence-corrected chi connectivity index (χ4v) is 1.81. The summed E-state index contributed by atoms with van der Waals surface area (Å²) in [6, 6.07) is 4.49. The van der Waals surface area contributed by atoms with E-state index in [1.165, 1.54) is 6.07 Å². The van der Waals surface area contributed by atoms with Gasteiger partial charge in [0.2, 0.25) is 0 Å². The van der Waals surface area contributed by atoms with Gasteiger partial charge in [-0.05, 0) is 24.6 Å². The molecule has 1 aromatic carbocycles. The summed E-state index contributed by atoms with van der Waals surface area (Å²) in [6.07, 6.45) is 1.66. The van der Waals surface area contributed by atoms with Crippen LogP contribution in [0, 0.1) is 0 Å². The molecule has 3 N–H and O–H groups in total. The van der Waals surface area contributed by atoms with Crippen LogP contribution in [-0.2, 0) is 10.8 Å². The molecule has 5 heteroatoms. The lowest BCUT2D eigenvalue weighted by Gasteiger charge is -2.14. The van der Waals surface area contributed by atoms with Crippen LogP contribution in [0.15, 0.2) is 18.2 Å². The van der Waals surface area contributed by atoms with Gasteiger partial charge in [0.05, 0.1) is 0 Å². The molecule has 0 amide bonds. The van der Waals surface area contributed by atoms with Crippen molar-refractivity contribution in [2.45, 2.75) is 13.0 Å². The molecule has 90 valence electrons. The minimum Gasteiger partial charge on any atom is -0.508 e. The second-order valence-corrected chi connectivity index (χ2v) is 5.29. The van der Waals surface area contributed by atoms with E-state index in [4.69, 9.17) is 0 Å². The Balaban J connectivity index is 2.58. The monoisotopic (exact) mass is 243 g/mol. The Kier molecular flexibility index (Phi) is 4.76. The summed E-state index contributed by atoms with van der Waals surface area (Å²) in [5.41, 5.74) is 0.805. The van der Waals surface area contributed by atoms with Gasteiger partial charge in [0, 0.05) is 41.5 Å². The minimum absolute atomic E-state index is 0.00144. The van der Waals surface area contributed by atoms with Crippen molar-refractivity contribution in [3.63, 3.8) is 0 Å². The van der Waals surface area contributed by atoms with Crippen LogP contribution in [-0.4, -0.2) is 33.0 Å². The molecule has 1 aromatic rings. The number of aromatic hydroxyl groups is 2. The predicted molar refractivity (Wildman–Crippen MR) is 65.1 cm³/mol. The smallest absolute Gasteiger partial charge is 0.119 e. The average molecular weight is 243 g/mol. The number of hydrogen-bond donors (Lipinski definition) is 3.